The van der Waals surface area contributed by atoms with Crippen molar-refractivity contribution in [3.05, 3.63) is 61.9 Å². The largest absolute Gasteiger partial charge is 0.334 e. The van der Waals surface area contributed by atoms with E-state index in [4.69, 9.17) is 0 Å². The Labute approximate surface area is 132 Å². The van der Waals surface area contributed by atoms with E-state index in [2.05, 4.69) is 26.7 Å². The third-order valence-electron chi connectivity index (χ3n) is 3.98. The van der Waals surface area contributed by atoms with E-state index >= 15 is 0 Å². The zero-order valence-corrected chi connectivity index (χ0v) is 12.6. The first kappa shape index (κ1) is 15.1. The molecule has 0 bridgehead atoms. The Bertz CT molecular complexity index is 838. The van der Waals surface area contributed by atoms with Crippen LogP contribution in [-0.4, -0.2) is 16.0 Å². The molecule has 7 heteroatoms. The number of urea groups is 1. The first-order valence-electron chi connectivity index (χ1n) is 7.60. The van der Waals surface area contributed by atoms with Crippen molar-refractivity contribution in [2.45, 2.75) is 32.2 Å². The average Bonchev–Trinajstić information content (AvgIpc) is 2.54. The number of aromatic nitrogens is 2. The number of benzene rings is 1. The van der Waals surface area contributed by atoms with Crippen LogP contribution in [0, 0.1) is 0 Å². The molecule has 0 saturated heterocycles. The van der Waals surface area contributed by atoms with Crippen LogP contribution in [0.25, 0.3) is 0 Å². The highest BCUT2D eigenvalue weighted by Gasteiger charge is 2.14. The van der Waals surface area contributed by atoms with E-state index in [-0.39, 0.29) is 18.1 Å². The van der Waals surface area contributed by atoms with Gasteiger partial charge >= 0.3 is 11.7 Å². The first-order chi connectivity index (χ1) is 11.1. The van der Waals surface area contributed by atoms with Crippen LogP contribution in [0.5, 0.6) is 0 Å². The van der Waals surface area contributed by atoms with E-state index < -0.39 is 11.2 Å². The predicted molar refractivity (Wildman–Crippen MR) is 86.6 cm³/mol. The Morgan fingerprint density at radius 2 is 2.00 bits per heavy atom. The number of carbonyl (C=O) groups excluding carboxylic acids is 1. The van der Waals surface area contributed by atoms with Gasteiger partial charge in [0, 0.05) is 11.9 Å². The Hall–Kier alpha value is -2.83. The van der Waals surface area contributed by atoms with Crippen molar-refractivity contribution in [2.75, 3.05) is 5.32 Å². The highest BCUT2D eigenvalue weighted by atomic mass is 16.2. The fourth-order valence-corrected chi connectivity index (χ4v) is 2.81. The van der Waals surface area contributed by atoms with Gasteiger partial charge in [0.25, 0.3) is 5.56 Å². The maximum absolute atomic E-state index is 12.0. The summed E-state index contributed by atoms with van der Waals surface area (Å²) in [7, 11) is 0. The molecular formula is C16H18N4O3. The van der Waals surface area contributed by atoms with Crippen molar-refractivity contribution in [1.29, 1.82) is 0 Å². The lowest BCUT2D eigenvalue weighted by Crippen LogP contribution is -2.33. The number of fused-ring (bicyclic) bond motifs is 1. The number of amides is 2. The Morgan fingerprint density at radius 1 is 1.17 bits per heavy atom. The third kappa shape index (κ3) is 3.50. The predicted octanol–water partition coefficient (Wildman–Crippen LogP) is 1.26. The minimum atomic E-state index is -0.570. The van der Waals surface area contributed by atoms with E-state index in [0.717, 1.165) is 24.9 Å². The summed E-state index contributed by atoms with van der Waals surface area (Å²) in [6, 6.07) is 5.54. The van der Waals surface area contributed by atoms with Gasteiger partial charge < -0.3 is 15.6 Å². The van der Waals surface area contributed by atoms with E-state index in [9.17, 15) is 14.4 Å². The summed E-state index contributed by atoms with van der Waals surface area (Å²) in [5, 5.41) is 5.46. The minimum Gasteiger partial charge on any atom is -0.334 e. The van der Waals surface area contributed by atoms with Crippen molar-refractivity contribution < 1.29 is 4.79 Å². The molecule has 1 aliphatic rings. The van der Waals surface area contributed by atoms with Crippen molar-refractivity contribution in [2.24, 2.45) is 0 Å². The molecule has 7 nitrogen and oxygen atoms in total. The number of aryl methyl sites for hydroxylation is 1. The molecule has 120 valence electrons. The minimum absolute atomic E-state index is 0.0347. The van der Waals surface area contributed by atoms with Crippen molar-refractivity contribution in [3.63, 3.8) is 0 Å². The SMILES string of the molecule is O=C(NCc1c[nH]c(=O)[nH]c1=O)Nc1cccc2c1CCCC2. The molecule has 1 aliphatic carbocycles. The van der Waals surface area contributed by atoms with Crippen LogP contribution in [0.3, 0.4) is 0 Å². The summed E-state index contributed by atoms with van der Waals surface area (Å²) in [5.74, 6) is 0. The van der Waals surface area contributed by atoms with Gasteiger partial charge in [-0.1, -0.05) is 12.1 Å². The number of hydrogen-bond donors (Lipinski definition) is 4. The van der Waals surface area contributed by atoms with E-state index in [1.165, 1.54) is 23.7 Å². The average molecular weight is 314 g/mol. The lowest BCUT2D eigenvalue weighted by molar-refractivity contribution is 0.251. The summed E-state index contributed by atoms with van der Waals surface area (Å²) >= 11 is 0. The molecule has 0 saturated carbocycles. The number of rotatable bonds is 3. The molecule has 4 N–H and O–H groups in total. The van der Waals surface area contributed by atoms with Gasteiger partial charge in [0.2, 0.25) is 0 Å². The summed E-state index contributed by atoms with van der Waals surface area (Å²) in [6.07, 6.45) is 5.61. The van der Waals surface area contributed by atoms with Gasteiger partial charge in [0.05, 0.1) is 12.1 Å². The number of hydrogen-bond acceptors (Lipinski definition) is 3. The number of H-pyrrole nitrogens is 2. The summed E-state index contributed by atoms with van der Waals surface area (Å²) < 4.78 is 0. The maximum Gasteiger partial charge on any atom is 0.325 e. The highest BCUT2D eigenvalue weighted by molar-refractivity contribution is 5.90. The van der Waals surface area contributed by atoms with Crippen LogP contribution in [0.4, 0.5) is 10.5 Å². The second kappa shape index (κ2) is 6.51. The van der Waals surface area contributed by atoms with Gasteiger partial charge in [-0.3, -0.25) is 9.78 Å². The normalized spacial score (nSPS) is 13.2. The molecule has 0 spiro atoms. The van der Waals surface area contributed by atoms with Gasteiger partial charge in [0.1, 0.15) is 0 Å². The lowest BCUT2D eigenvalue weighted by Gasteiger charge is -2.19. The van der Waals surface area contributed by atoms with Gasteiger partial charge in [0.15, 0.2) is 0 Å². The molecule has 2 amide bonds. The number of carbonyl (C=O) groups is 1. The topological polar surface area (TPSA) is 107 Å². The first-order valence-corrected chi connectivity index (χ1v) is 7.60. The van der Waals surface area contributed by atoms with E-state index in [1.54, 1.807) is 0 Å². The molecule has 1 aromatic heterocycles. The number of anilines is 1. The Kier molecular flexibility index (Phi) is 4.27. The highest BCUT2D eigenvalue weighted by Crippen LogP contribution is 2.27. The van der Waals surface area contributed by atoms with Crippen LogP contribution in [0.1, 0.15) is 29.5 Å². The quantitative estimate of drug-likeness (QED) is 0.685. The molecule has 0 radical (unpaired) electrons. The Morgan fingerprint density at radius 3 is 2.83 bits per heavy atom. The standard InChI is InChI=1S/C16H18N4O3/c21-14-11(9-18-16(23)20-14)8-17-15(22)19-13-7-3-5-10-4-1-2-6-12(10)13/h3,5,7,9H,1-2,4,6,8H2,(H2,17,19,22)(H2,18,20,21,23). The molecule has 0 unspecified atom stereocenters. The van der Waals surface area contributed by atoms with Crippen LogP contribution in [-0.2, 0) is 19.4 Å². The zero-order valence-electron chi connectivity index (χ0n) is 12.6. The van der Waals surface area contributed by atoms with Crippen LogP contribution in [0.15, 0.2) is 34.0 Å². The maximum atomic E-state index is 12.0. The van der Waals surface area contributed by atoms with Gasteiger partial charge in [-0.15, -0.1) is 0 Å². The van der Waals surface area contributed by atoms with Gasteiger partial charge in [-0.2, -0.15) is 0 Å². The third-order valence-corrected chi connectivity index (χ3v) is 3.98. The molecule has 1 heterocycles. The van der Waals surface area contributed by atoms with Gasteiger partial charge in [-0.25, -0.2) is 9.59 Å². The van der Waals surface area contributed by atoms with E-state index in [1.807, 2.05) is 12.1 Å². The number of aromatic amines is 2. The van der Waals surface area contributed by atoms with Crippen molar-refractivity contribution in [3.8, 4) is 0 Å². The fourth-order valence-electron chi connectivity index (χ4n) is 2.81. The lowest BCUT2D eigenvalue weighted by atomic mass is 9.90. The Balaban J connectivity index is 1.66. The summed E-state index contributed by atoms with van der Waals surface area (Å²) in [6.45, 7) is 0.0347. The van der Waals surface area contributed by atoms with Gasteiger partial charge in [-0.05, 0) is 42.9 Å². The molecule has 1 aromatic carbocycles. The zero-order chi connectivity index (χ0) is 16.2. The molecule has 0 fully saturated rings. The van der Waals surface area contributed by atoms with Crippen LogP contribution >= 0.6 is 0 Å². The monoisotopic (exact) mass is 314 g/mol. The second-order valence-corrected chi connectivity index (χ2v) is 5.56. The second-order valence-electron chi connectivity index (χ2n) is 5.56. The molecule has 2 aromatic rings. The summed E-state index contributed by atoms with van der Waals surface area (Å²) in [4.78, 5) is 39.0. The van der Waals surface area contributed by atoms with Crippen LogP contribution < -0.4 is 21.9 Å². The van der Waals surface area contributed by atoms with E-state index in [0.29, 0.717) is 0 Å². The fraction of sp³-hybridized carbons (Fsp3) is 0.312. The number of nitrogens with one attached hydrogen (secondary N) is 4. The van der Waals surface area contributed by atoms with Crippen molar-refractivity contribution in [1.82, 2.24) is 15.3 Å². The molecule has 0 atom stereocenters. The van der Waals surface area contributed by atoms with Crippen LogP contribution in [0.2, 0.25) is 0 Å². The molecule has 23 heavy (non-hydrogen) atoms. The van der Waals surface area contributed by atoms with Crippen molar-refractivity contribution >= 4 is 11.7 Å². The molecule has 3 rings (SSSR count). The molecular weight excluding hydrogens is 296 g/mol. The molecule has 0 aliphatic heterocycles. The smallest absolute Gasteiger partial charge is 0.325 e. The summed E-state index contributed by atoms with van der Waals surface area (Å²) in [5.41, 5.74) is 2.50.